The van der Waals surface area contributed by atoms with Crippen LogP contribution in [0.2, 0.25) is 5.02 Å². The molecule has 2 heterocycles. The zero-order valence-corrected chi connectivity index (χ0v) is 18.6. The van der Waals surface area contributed by atoms with Crippen molar-refractivity contribution in [3.05, 3.63) is 94.6 Å². The summed E-state index contributed by atoms with van der Waals surface area (Å²) < 4.78 is 0. The van der Waals surface area contributed by atoms with Crippen molar-refractivity contribution in [2.75, 3.05) is 21.7 Å². The smallest absolute Gasteiger partial charge is 0.282 e. The van der Waals surface area contributed by atoms with Crippen LogP contribution in [0, 0.1) is 0 Å². The summed E-state index contributed by atoms with van der Waals surface area (Å²) >= 11 is 6.07. The number of carbonyl (C=O) groups excluding carboxylic acids is 3. The normalized spacial score (nSPS) is 15.3. The molecule has 2 aliphatic rings. The zero-order chi connectivity index (χ0) is 23.1. The second-order valence-corrected chi connectivity index (χ2v) is 8.37. The largest absolute Gasteiger partial charge is 0.336 e. The molecule has 3 amide bonds. The van der Waals surface area contributed by atoms with Crippen LogP contribution in [0.25, 0.3) is 5.57 Å². The monoisotopic (exact) mass is 457 g/mol. The summed E-state index contributed by atoms with van der Waals surface area (Å²) in [7, 11) is 0. The van der Waals surface area contributed by atoms with E-state index in [0.29, 0.717) is 39.8 Å². The van der Waals surface area contributed by atoms with Gasteiger partial charge in [0.2, 0.25) is 5.91 Å². The highest BCUT2D eigenvalue weighted by atomic mass is 35.5. The fourth-order valence-electron chi connectivity index (χ4n) is 4.35. The maximum absolute atomic E-state index is 13.7. The predicted octanol–water partition coefficient (Wildman–Crippen LogP) is 4.65. The molecule has 33 heavy (non-hydrogen) atoms. The third kappa shape index (κ3) is 3.68. The van der Waals surface area contributed by atoms with Gasteiger partial charge in [0.25, 0.3) is 11.8 Å². The van der Waals surface area contributed by atoms with Crippen LogP contribution in [0.15, 0.2) is 78.5 Å². The van der Waals surface area contributed by atoms with Crippen molar-refractivity contribution in [2.24, 2.45) is 0 Å². The van der Waals surface area contributed by atoms with Crippen molar-refractivity contribution in [1.29, 1.82) is 0 Å². The first-order valence-corrected chi connectivity index (χ1v) is 10.9. The Morgan fingerprint density at radius 3 is 2.30 bits per heavy atom. The highest BCUT2D eigenvalue weighted by Gasteiger charge is 2.44. The lowest BCUT2D eigenvalue weighted by Crippen LogP contribution is -2.34. The fourth-order valence-corrected chi connectivity index (χ4v) is 4.47. The summed E-state index contributed by atoms with van der Waals surface area (Å²) in [6.45, 7) is 2.03. The second kappa shape index (κ2) is 8.22. The second-order valence-electron chi connectivity index (χ2n) is 7.93. The number of nitrogens with one attached hydrogen (secondary N) is 1. The fraction of sp³-hybridized carbons (Fsp3) is 0.115. The Labute approximate surface area is 196 Å². The summed E-state index contributed by atoms with van der Waals surface area (Å²) in [6.07, 6.45) is 0.792. The number of halogens is 1. The summed E-state index contributed by atoms with van der Waals surface area (Å²) in [5, 5.41) is 3.24. The molecule has 0 saturated heterocycles. The topological polar surface area (TPSA) is 69.7 Å². The number of rotatable bonds is 4. The number of hydrogen-bond donors (Lipinski definition) is 1. The molecule has 0 unspecified atom stereocenters. The third-order valence-electron chi connectivity index (χ3n) is 5.80. The van der Waals surface area contributed by atoms with Crippen LogP contribution in [-0.4, -0.2) is 24.3 Å². The lowest BCUT2D eigenvalue weighted by Gasteiger charge is -2.22. The third-order valence-corrected chi connectivity index (χ3v) is 6.05. The molecule has 0 bridgehead atoms. The van der Waals surface area contributed by atoms with E-state index in [-0.39, 0.29) is 11.8 Å². The van der Waals surface area contributed by atoms with E-state index in [1.165, 1.54) is 11.8 Å². The molecule has 3 aromatic rings. The maximum atomic E-state index is 13.7. The Hall–Kier alpha value is -3.90. The van der Waals surface area contributed by atoms with Crippen molar-refractivity contribution >= 4 is 52.0 Å². The quantitative estimate of drug-likeness (QED) is 0.579. The Morgan fingerprint density at radius 1 is 0.909 bits per heavy atom. The van der Waals surface area contributed by atoms with Gasteiger partial charge in [0.15, 0.2) is 0 Å². The molecule has 1 N–H and O–H groups in total. The van der Waals surface area contributed by atoms with E-state index < -0.39 is 5.91 Å². The number of imide groups is 1. The first-order chi connectivity index (χ1) is 15.9. The number of anilines is 3. The maximum Gasteiger partial charge on any atom is 0.282 e. The predicted molar refractivity (Wildman–Crippen MR) is 129 cm³/mol. The molecular formula is C26H20ClN3O3. The Kier molecular flexibility index (Phi) is 5.23. The number of fused-ring (bicyclic) bond motifs is 1. The molecule has 5 rings (SSSR count). The summed E-state index contributed by atoms with van der Waals surface area (Å²) in [5.41, 5.74) is 4.44. The highest BCUT2D eigenvalue weighted by Crippen LogP contribution is 2.40. The molecule has 0 spiro atoms. The molecular weight excluding hydrogens is 438 g/mol. The number of para-hydroxylation sites is 1. The van der Waals surface area contributed by atoms with E-state index in [2.05, 4.69) is 5.32 Å². The Balaban J connectivity index is 1.60. The number of hydrogen-bond acceptors (Lipinski definition) is 4. The van der Waals surface area contributed by atoms with Crippen LogP contribution < -0.4 is 15.1 Å². The lowest BCUT2D eigenvalue weighted by molar-refractivity contribution is -0.120. The first kappa shape index (κ1) is 21.0. The van der Waals surface area contributed by atoms with Gasteiger partial charge in [-0.1, -0.05) is 41.9 Å². The van der Waals surface area contributed by atoms with E-state index in [0.717, 1.165) is 17.7 Å². The van der Waals surface area contributed by atoms with Gasteiger partial charge in [0.1, 0.15) is 5.70 Å². The van der Waals surface area contributed by atoms with Crippen LogP contribution in [0.1, 0.15) is 18.1 Å². The standard InChI is InChI=1S/C26H20ClN3O3/c1-16(31)28-20-10-12-21(13-11-20)30-25(32)23(18-6-8-19(27)9-7-18)24(26(30)33)29-15-14-17-4-2-3-5-22(17)29/h2-13H,14-15H2,1H3,(H,28,31). The SMILES string of the molecule is CC(=O)Nc1ccc(N2C(=O)C(c3ccc(Cl)cc3)=C(N3CCc4ccccc43)C2=O)cc1. The van der Waals surface area contributed by atoms with E-state index in [1.807, 2.05) is 29.2 Å². The Bertz CT molecular complexity index is 1310. The molecule has 0 aromatic heterocycles. The van der Waals surface area contributed by atoms with Crippen LogP contribution in [0.3, 0.4) is 0 Å². The molecule has 2 aliphatic heterocycles. The van der Waals surface area contributed by atoms with Gasteiger partial charge in [-0.15, -0.1) is 0 Å². The number of nitrogens with zero attached hydrogens (tertiary/aromatic N) is 2. The van der Waals surface area contributed by atoms with E-state index in [1.54, 1.807) is 48.5 Å². The molecule has 7 heteroatoms. The van der Waals surface area contributed by atoms with Crippen molar-refractivity contribution in [1.82, 2.24) is 0 Å². The molecule has 0 saturated carbocycles. The molecule has 164 valence electrons. The van der Waals surface area contributed by atoms with E-state index in [9.17, 15) is 14.4 Å². The first-order valence-electron chi connectivity index (χ1n) is 10.6. The van der Waals surface area contributed by atoms with Crippen LogP contribution in [-0.2, 0) is 20.8 Å². The average molecular weight is 458 g/mol. The van der Waals surface area contributed by atoms with Gasteiger partial charge in [0, 0.05) is 29.9 Å². The molecule has 6 nitrogen and oxygen atoms in total. The van der Waals surface area contributed by atoms with Crippen molar-refractivity contribution in [3.8, 4) is 0 Å². The molecule has 0 atom stereocenters. The van der Waals surface area contributed by atoms with Crippen LogP contribution >= 0.6 is 11.6 Å². The van der Waals surface area contributed by atoms with Crippen molar-refractivity contribution in [3.63, 3.8) is 0 Å². The highest BCUT2D eigenvalue weighted by molar-refractivity contribution is 6.46. The van der Waals surface area contributed by atoms with Gasteiger partial charge in [-0.25, -0.2) is 4.90 Å². The van der Waals surface area contributed by atoms with Crippen molar-refractivity contribution < 1.29 is 14.4 Å². The minimum atomic E-state index is -0.394. The van der Waals surface area contributed by atoms with Gasteiger partial charge >= 0.3 is 0 Å². The molecule has 3 aromatic carbocycles. The lowest BCUT2D eigenvalue weighted by atomic mass is 10.0. The number of amides is 3. The summed E-state index contributed by atoms with van der Waals surface area (Å²) in [4.78, 5) is 41.8. The van der Waals surface area contributed by atoms with Gasteiger partial charge < -0.3 is 10.2 Å². The summed E-state index contributed by atoms with van der Waals surface area (Å²) in [5.74, 6) is -0.972. The zero-order valence-electron chi connectivity index (χ0n) is 17.8. The van der Waals surface area contributed by atoms with Crippen LogP contribution in [0.5, 0.6) is 0 Å². The van der Waals surface area contributed by atoms with Gasteiger partial charge in [-0.05, 0) is 60.0 Å². The minimum absolute atomic E-state index is 0.197. The molecule has 0 aliphatic carbocycles. The van der Waals surface area contributed by atoms with Gasteiger partial charge in [-0.2, -0.15) is 0 Å². The van der Waals surface area contributed by atoms with Gasteiger partial charge in [-0.3, -0.25) is 14.4 Å². The molecule has 0 radical (unpaired) electrons. The van der Waals surface area contributed by atoms with Crippen molar-refractivity contribution in [2.45, 2.75) is 13.3 Å². The van der Waals surface area contributed by atoms with E-state index >= 15 is 0 Å². The number of carbonyl (C=O) groups is 3. The van der Waals surface area contributed by atoms with Crippen LogP contribution in [0.4, 0.5) is 17.1 Å². The Morgan fingerprint density at radius 2 is 1.61 bits per heavy atom. The number of benzene rings is 3. The van der Waals surface area contributed by atoms with E-state index in [4.69, 9.17) is 11.6 Å². The van der Waals surface area contributed by atoms with Gasteiger partial charge in [0.05, 0.1) is 11.3 Å². The molecule has 0 fully saturated rings. The average Bonchev–Trinajstić information content (AvgIpc) is 3.33. The minimum Gasteiger partial charge on any atom is -0.336 e. The summed E-state index contributed by atoms with van der Waals surface area (Å²) in [6, 6.07) is 21.5.